The summed E-state index contributed by atoms with van der Waals surface area (Å²) in [6.45, 7) is 3.85. The van der Waals surface area contributed by atoms with Crippen LogP contribution in [0.25, 0.3) is 0 Å². The van der Waals surface area contributed by atoms with E-state index < -0.39 is 28.9 Å². The van der Waals surface area contributed by atoms with Gasteiger partial charge in [-0.1, -0.05) is 60.7 Å². The van der Waals surface area contributed by atoms with Gasteiger partial charge < -0.3 is 20.3 Å². The van der Waals surface area contributed by atoms with Gasteiger partial charge in [-0.2, -0.15) is 0 Å². The fraction of sp³-hybridized carbons (Fsp3) is 0.323. The van der Waals surface area contributed by atoms with Crippen molar-refractivity contribution >= 4 is 35.5 Å². The molecule has 2 N–H and O–H groups in total. The van der Waals surface area contributed by atoms with Crippen LogP contribution in [0.15, 0.2) is 85.2 Å². The van der Waals surface area contributed by atoms with E-state index in [1.807, 2.05) is 87.8 Å². The zero-order valence-corrected chi connectivity index (χ0v) is 24.0. The summed E-state index contributed by atoms with van der Waals surface area (Å²) in [6.07, 6.45) is 2.95. The van der Waals surface area contributed by atoms with Gasteiger partial charge in [0.25, 0.3) is 5.91 Å². The van der Waals surface area contributed by atoms with E-state index in [0.29, 0.717) is 5.56 Å². The van der Waals surface area contributed by atoms with Crippen molar-refractivity contribution < 1.29 is 28.5 Å². The Balaban J connectivity index is 1.26. The molecular formula is C31H33N4O5S+. The van der Waals surface area contributed by atoms with Crippen LogP contribution in [0.4, 0.5) is 0 Å². The normalized spacial score (nSPS) is 21.3. The third kappa shape index (κ3) is 6.12. The van der Waals surface area contributed by atoms with Crippen molar-refractivity contribution in [1.82, 2.24) is 15.5 Å². The van der Waals surface area contributed by atoms with Crippen molar-refractivity contribution in [2.45, 2.75) is 48.6 Å². The third-order valence-corrected chi connectivity index (χ3v) is 8.84. The highest BCUT2D eigenvalue weighted by Crippen LogP contribution is 2.51. The molecular weight excluding hydrogens is 540 g/mol. The molecule has 2 aliphatic rings. The lowest BCUT2D eigenvalue weighted by molar-refractivity contribution is -0.671. The number of amides is 3. The Hall–Kier alpha value is -4.18. The maximum absolute atomic E-state index is 13.7. The topological polar surface area (TPSA) is 109 Å². The summed E-state index contributed by atoms with van der Waals surface area (Å²) in [5, 5.41) is 5.35. The summed E-state index contributed by atoms with van der Waals surface area (Å²) in [4.78, 5) is 53.9. The highest BCUT2D eigenvalue weighted by molar-refractivity contribution is 8.01. The van der Waals surface area contributed by atoms with E-state index in [1.54, 1.807) is 22.9 Å². The summed E-state index contributed by atoms with van der Waals surface area (Å²) >= 11 is 1.47. The molecule has 0 saturated carbocycles. The van der Waals surface area contributed by atoms with Crippen LogP contribution in [-0.2, 0) is 32.6 Å². The molecule has 0 bridgehead atoms. The van der Waals surface area contributed by atoms with Gasteiger partial charge in [-0.25, -0.2) is 9.36 Å². The number of thioether (sulfide) groups is 1. The Morgan fingerprint density at radius 2 is 1.71 bits per heavy atom. The van der Waals surface area contributed by atoms with Gasteiger partial charge in [0.2, 0.25) is 11.8 Å². The molecule has 9 nitrogen and oxygen atoms in total. The van der Waals surface area contributed by atoms with Crippen molar-refractivity contribution in [2.24, 2.45) is 7.05 Å². The molecule has 5 rings (SSSR count). The van der Waals surface area contributed by atoms with Gasteiger partial charge in [0.1, 0.15) is 36.2 Å². The van der Waals surface area contributed by atoms with E-state index in [2.05, 4.69) is 10.6 Å². The average molecular weight is 574 g/mol. The standard InChI is InChI=1S/C31H32N4O5S/c1-31(2)26(35-28(38)25(29(35)41-31)33-24(36)17-20-11-6-4-7-12-20)30(39)40-23(21-13-8-5-9-14-21)18-32-27(37)22-15-10-16-34(3)19-22/h4-16,19,23,25-26,29H,17-18H2,1-3H3,(H-,32,33,36,37)/p+1/t23?,25-,26?,29-/m1/s1. The number of fused-ring (bicyclic) bond motifs is 1. The number of aryl methyl sites for hydroxylation is 1. The number of rotatable bonds is 9. The molecule has 4 atom stereocenters. The van der Waals surface area contributed by atoms with Gasteiger partial charge in [-0.15, -0.1) is 11.8 Å². The lowest BCUT2D eigenvalue weighted by Gasteiger charge is -2.44. The summed E-state index contributed by atoms with van der Waals surface area (Å²) in [7, 11) is 1.83. The highest BCUT2D eigenvalue weighted by atomic mass is 32.2. The zero-order valence-electron chi connectivity index (χ0n) is 23.2. The number of carbonyl (C=O) groups is 4. The molecule has 0 aliphatic carbocycles. The fourth-order valence-corrected chi connectivity index (χ4v) is 6.86. The number of aromatic nitrogens is 1. The van der Waals surface area contributed by atoms with E-state index in [-0.39, 0.29) is 36.1 Å². The zero-order chi connectivity index (χ0) is 29.1. The second-order valence-corrected chi connectivity index (χ2v) is 12.5. The Labute approximate surface area is 243 Å². The number of hydrogen-bond donors (Lipinski definition) is 2. The molecule has 1 aromatic heterocycles. The molecule has 0 spiro atoms. The number of β-lactam (4-membered cyclic amide) rings is 1. The van der Waals surface area contributed by atoms with E-state index in [1.165, 1.54) is 16.7 Å². The minimum Gasteiger partial charge on any atom is -0.454 e. The summed E-state index contributed by atoms with van der Waals surface area (Å²) < 4.78 is 7.13. The predicted octanol–water partition coefficient (Wildman–Crippen LogP) is 2.32. The molecule has 10 heteroatoms. The summed E-state index contributed by atoms with van der Waals surface area (Å²) in [5.74, 6) is -1.40. The van der Waals surface area contributed by atoms with Gasteiger partial charge in [-0.05, 0) is 31.0 Å². The lowest BCUT2D eigenvalue weighted by Crippen LogP contribution is -2.70. The number of carbonyl (C=O) groups excluding carboxylic acids is 4. The van der Waals surface area contributed by atoms with Crippen molar-refractivity contribution in [2.75, 3.05) is 6.54 Å². The van der Waals surface area contributed by atoms with Crippen LogP contribution in [0, 0.1) is 0 Å². The van der Waals surface area contributed by atoms with Crippen molar-refractivity contribution in [1.29, 1.82) is 0 Å². The van der Waals surface area contributed by atoms with E-state index in [4.69, 9.17) is 4.74 Å². The molecule has 2 unspecified atom stereocenters. The van der Waals surface area contributed by atoms with Crippen molar-refractivity contribution in [3.05, 3.63) is 102 Å². The first-order chi connectivity index (χ1) is 19.6. The van der Waals surface area contributed by atoms with Crippen LogP contribution >= 0.6 is 11.8 Å². The van der Waals surface area contributed by atoms with Gasteiger partial charge in [-0.3, -0.25) is 14.4 Å². The maximum atomic E-state index is 13.7. The minimum atomic E-state index is -0.845. The minimum absolute atomic E-state index is 0.0586. The number of nitrogens with one attached hydrogen (secondary N) is 2. The van der Waals surface area contributed by atoms with Crippen LogP contribution in [0.1, 0.15) is 41.4 Å². The van der Waals surface area contributed by atoms with Gasteiger partial charge in [0.15, 0.2) is 12.4 Å². The number of pyridine rings is 1. The number of benzene rings is 2. The smallest absolute Gasteiger partial charge is 0.331 e. The number of esters is 1. The predicted molar refractivity (Wildman–Crippen MR) is 153 cm³/mol. The fourth-order valence-electron chi connectivity index (χ4n) is 5.24. The number of ether oxygens (including phenoxy) is 1. The van der Waals surface area contributed by atoms with Crippen molar-refractivity contribution in [3.8, 4) is 0 Å². The maximum Gasteiger partial charge on any atom is 0.331 e. The second-order valence-electron chi connectivity index (χ2n) is 10.8. The van der Waals surface area contributed by atoms with Crippen LogP contribution in [0.5, 0.6) is 0 Å². The van der Waals surface area contributed by atoms with E-state index in [0.717, 1.165) is 11.1 Å². The molecule has 41 heavy (non-hydrogen) atoms. The van der Waals surface area contributed by atoms with Gasteiger partial charge in [0, 0.05) is 10.8 Å². The van der Waals surface area contributed by atoms with Crippen LogP contribution in [-0.4, -0.2) is 57.3 Å². The van der Waals surface area contributed by atoms with E-state index in [9.17, 15) is 19.2 Å². The highest BCUT2D eigenvalue weighted by Gasteiger charge is 2.64. The second kappa shape index (κ2) is 11.7. The monoisotopic (exact) mass is 573 g/mol. The Kier molecular flexibility index (Phi) is 8.12. The lowest BCUT2D eigenvalue weighted by atomic mass is 9.95. The Morgan fingerprint density at radius 3 is 2.39 bits per heavy atom. The first-order valence-electron chi connectivity index (χ1n) is 13.5. The molecule has 2 aromatic carbocycles. The Morgan fingerprint density at radius 1 is 1.02 bits per heavy atom. The number of hydrogen-bond acceptors (Lipinski definition) is 6. The molecule has 212 valence electrons. The van der Waals surface area contributed by atoms with Gasteiger partial charge >= 0.3 is 5.97 Å². The van der Waals surface area contributed by atoms with E-state index >= 15 is 0 Å². The largest absolute Gasteiger partial charge is 0.454 e. The molecule has 3 aromatic rings. The first-order valence-corrected chi connectivity index (χ1v) is 14.3. The Bertz CT molecular complexity index is 1450. The first kappa shape index (κ1) is 28.4. The average Bonchev–Trinajstić information content (AvgIpc) is 3.22. The quantitative estimate of drug-likeness (QED) is 0.231. The third-order valence-electron chi connectivity index (χ3n) is 7.27. The SMILES string of the molecule is C[n+]1cccc(C(=O)NCC(OC(=O)C2N3C(=O)[C@@H](NC(=O)Cc4ccccc4)[C@H]3SC2(C)C)c2ccccc2)c1. The summed E-state index contributed by atoms with van der Waals surface area (Å²) in [6, 6.07) is 20.5. The molecule has 2 saturated heterocycles. The molecule has 3 amide bonds. The van der Waals surface area contributed by atoms with Crippen LogP contribution in [0.2, 0.25) is 0 Å². The molecule has 3 heterocycles. The van der Waals surface area contributed by atoms with Gasteiger partial charge in [0.05, 0.1) is 13.0 Å². The number of nitrogens with zero attached hydrogens (tertiary/aromatic N) is 2. The van der Waals surface area contributed by atoms with Crippen LogP contribution < -0.4 is 15.2 Å². The van der Waals surface area contributed by atoms with Crippen molar-refractivity contribution in [3.63, 3.8) is 0 Å². The molecule has 2 fully saturated rings. The molecule has 2 aliphatic heterocycles. The molecule has 0 radical (unpaired) electrons. The summed E-state index contributed by atoms with van der Waals surface area (Å²) in [5.41, 5.74) is 2.06. The van der Waals surface area contributed by atoms with Crippen LogP contribution in [0.3, 0.4) is 0 Å².